The van der Waals surface area contributed by atoms with Crippen LogP contribution in [0.1, 0.15) is 54.9 Å². The summed E-state index contributed by atoms with van der Waals surface area (Å²) in [6.07, 6.45) is 2.32. The summed E-state index contributed by atoms with van der Waals surface area (Å²) in [5.41, 5.74) is 1.31. The summed E-state index contributed by atoms with van der Waals surface area (Å²) < 4.78 is 0. The number of nitrogens with one attached hydrogen (secondary N) is 3. The van der Waals surface area contributed by atoms with Crippen LogP contribution in [0.3, 0.4) is 0 Å². The third-order valence-corrected chi connectivity index (χ3v) is 6.40. The average molecular weight is 443 g/mol. The molecule has 3 N–H and O–H groups in total. The minimum Gasteiger partial charge on any atom is -0.350 e. The van der Waals surface area contributed by atoms with E-state index in [-0.39, 0.29) is 23.8 Å². The van der Waals surface area contributed by atoms with Gasteiger partial charge in [-0.1, -0.05) is 13.0 Å². The van der Waals surface area contributed by atoms with Gasteiger partial charge in [-0.3, -0.25) is 19.3 Å². The molecule has 3 amide bonds. The molecule has 0 bridgehead atoms. The lowest BCUT2D eigenvalue weighted by Crippen LogP contribution is -2.41. The van der Waals surface area contributed by atoms with Crippen LogP contribution in [0, 0.1) is 5.92 Å². The average Bonchev–Trinajstić information content (AvgIpc) is 3.22. The normalized spacial score (nSPS) is 15.8. The predicted octanol–water partition coefficient (Wildman–Crippen LogP) is 3.87. The lowest BCUT2D eigenvalue weighted by molar-refractivity contribution is -0.115. The largest absolute Gasteiger partial charge is 0.350 e. The summed E-state index contributed by atoms with van der Waals surface area (Å²) in [5, 5.41) is 10.5. The van der Waals surface area contributed by atoms with Crippen molar-refractivity contribution in [1.82, 2.24) is 10.2 Å². The zero-order valence-electron chi connectivity index (χ0n) is 18.2. The molecule has 1 aromatic heterocycles. The molecule has 1 fully saturated rings. The standard InChI is InChI=1S/C23H30N4O3S/c1-15-6-8-27(9-7-15)21(22-5-4-10-31-22)14-24-23(30)18-11-19(25-16(2)28)13-20(12-18)26-17(3)29/h4-5,10-13,15,21H,6-9,14H2,1-3H3,(H,24,30)(H,25,28)(H,26,29). The number of carbonyl (C=O) groups is 3. The Morgan fingerprint density at radius 3 is 2.19 bits per heavy atom. The first kappa shape index (κ1) is 23.0. The number of anilines is 2. The molecule has 8 heteroatoms. The van der Waals surface area contributed by atoms with Crippen LogP contribution in [0.5, 0.6) is 0 Å². The Hall–Kier alpha value is -2.71. The Morgan fingerprint density at radius 1 is 1.06 bits per heavy atom. The number of amides is 3. The first-order valence-electron chi connectivity index (χ1n) is 10.6. The fourth-order valence-corrected chi connectivity index (χ4v) is 4.69. The minimum atomic E-state index is -0.247. The summed E-state index contributed by atoms with van der Waals surface area (Å²) in [6, 6.07) is 9.15. The number of piperidine rings is 1. The Kier molecular flexibility index (Phi) is 7.81. The third kappa shape index (κ3) is 6.63. The second kappa shape index (κ2) is 10.5. The van der Waals surface area contributed by atoms with Crippen molar-refractivity contribution in [2.45, 2.75) is 39.7 Å². The molecule has 1 aliphatic rings. The molecule has 166 valence electrons. The van der Waals surface area contributed by atoms with Gasteiger partial charge in [-0.2, -0.15) is 0 Å². The topological polar surface area (TPSA) is 90.5 Å². The van der Waals surface area contributed by atoms with Crippen LogP contribution >= 0.6 is 11.3 Å². The molecule has 3 rings (SSSR count). The summed E-state index contributed by atoms with van der Waals surface area (Å²) in [4.78, 5) is 39.6. The Balaban J connectivity index is 1.75. The summed E-state index contributed by atoms with van der Waals surface area (Å²) in [6.45, 7) is 7.61. The van der Waals surface area contributed by atoms with Gasteiger partial charge >= 0.3 is 0 Å². The van der Waals surface area contributed by atoms with Gasteiger partial charge in [0.05, 0.1) is 6.04 Å². The quantitative estimate of drug-likeness (QED) is 0.607. The second-order valence-corrected chi connectivity index (χ2v) is 9.10. The molecule has 1 aromatic carbocycles. The molecule has 0 saturated carbocycles. The van der Waals surface area contributed by atoms with E-state index in [1.165, 1.54) is 18.7 Å². The van der Waals surface area contributed by atoms with Gasteiger partial charge in [0.15, 0.2) is 0 Å². The number of likely N-dealkylation sites (tertiary alicyclic amines) is 1. The molecule has 0 radical (unpaired) electrons. The number of nitrogens with zero attached hydrogens (tertiary/aromatic N) is 1. The smallest absolute Gasteiger partial charge is 0.251 e. The highest BCUT2D eigenvalue weighted by Gasteiger charge is 2.26. The lowest BCUT2D eigenvalue weighted by Gasteiger charge is -2.36. The molecule has 1 aliphatic heterocycles. The molecular formula is C23H30N4O3S. The van der Waals surface area contributed by atoms with Crippen LogP contribution in [0.4, 0.5) is 11.4 Å². The number of benzene rings is 1. The van der Waals surface area contributed by atoms with Crippen LogP contribution in [0.25, 0.3) is 0 Å². The van der Waals surface area contributed by atoms with E-state index < -0.39 is 0 Å². The molecule has 2 heterocycles. The van der Waals surface area contributed by atoms with E-state index in [9.17, 15) is 14.4 Å². The molecule has 31 heavy (non-hydrogen) atoms. The second-order valence-electron chi connectivity index (χ2n) is 8.12. The first-order chi connectivity index (χ1) is 14.8. The molecule has 1 atom stereocenters. The number of carbonyl (C=O) groups excluding carboxylic acids is 3. The van der Waals surface area contributed by atoms with Gasteiger partial charge in [-0.15, -0.1) is 11.3 Å². The Bertz CT molecular complexity index is 887. The number of hydrogen-bond acceptors (Lipinski definition) is 5. The van der Waals surface area contributed by atoms with E-state index in [0.717, 1.165) is 31.8 Å². The van der Waals surface area contributed by atoms with Gasteiger partial charge in [0.1, 0.15) is 0 Å². The predicted molar refractivity (Wildman–Crippen MR) is 124 cm³/mol. The first-order valence-corrected chi connectivity index (χ1v) is 11.5. The zero-order chi connectivity index (χ0) is 22.4. The van der Waals surface area contributed by atoms with Gasteiger partial charge in [-0.25, -0.2) is 0 Å². The van der Waals surface area contributed by atoms with Crippen LogP contribution in [-0.4, -0.2) is 42.3 Å². The lowest BCUT2D eigenvalue weighted by atomic mass is 9.97. The van der Waals surface area contributed by atoms with Gasteiger partial charge < -0.3 is 16.0 Å². The van der Waals surface area contributed by atoms with E-state index in [1.54, 1.807) is 29.5 Å². The molecule has 0 spiro atoms. The van der Waals surface area contributed by atoms with Crippen molar-refractivity contribution < 1.29 is 14.4 Å². The molecule has 0 aliphatic carbocycles. The highest BCUT2D eigenvalue weighted by Crippen LogP contribution is 2.29. The summed E-state index contributed by atoms with van der Waals surface area (Å²) in [5.74, 6) is -0.00360. The fraction of sp³-hybridized carbons (Fsp3) is 0.435. The Morgan fingerprint density at radius 2 is 1.68 bits per heavy atom. The van der Waals surface area contributed by atoms with Crippen molar-refractivity contribution in [3.8, 4) is 0 Å². The molecule has 1 unspecified atom stereocenters. The molecular weight excluding hydrogens is 412 g/mol. The number of thiophene rings is 1. The number of hydrogen-bond donors (Lipinski definition) is 3. The SMILES string of the molecule is CC(=O)Nc1cc(NC(C)=O)cc(C(=O)NCC(c2cccs2)N2CCC(C)CC2)c1. The maximum Gasteiger partial charge on any atom is 0.251 e. The fourth-order valence-electron chi connectivity index (χ4n) is 3.83. The van der Waals surface area contributed by atoms with E-state index in [2.05, 4.69) is 39.2 Å². The van der Waals surface area contributed by atoms with E-state index in [1.807, 2.05) is 6.07 Å². The highest BCUT2D eigenvalue weighted by atomic mass is 32.1. The Labute approximate surface area is 187 Å². The summed E-state index contributed by atoms with van der Waals surface area (Å²) >= 11 is 1.70. The maximum absolute atomic E-state index is 13.0. The molecule has 2 aromatic rings. The van der Waals surface area contributed by atoms with Gasteiger partial charge in [-0.05, 0) is 61.5 Å². The monoisotopic (exact) mass is 442 g/mol. The van der Waals surface area contributed by atoms with Crippen LogP contribution in [0.15, 0.2) is 35.7 Å². The van der Waals surface area contributed by atoms with Crippen LogP contribution < -0.4 is 16.0 Å². The maximum atomic E-state index is 13.0. The van der Waals surface area contributed by atoms with Crippen molar-refractivity contribution in [3.63, 3.8) is 0 Å². The highest BCUT2D eigenvalue weighted by molar-refractivity contribution is 7.10. The van der Waals surface area contributed by atoms with Crippen molar-refractivity contribution in [2.75, 3.05) is 30.3 Å². The van der Waals surface area contributed by atoms with Crippen LogP contribution in [-0.2, 0) is 9.59 Å². The van der Waals surface area contributed by atoms with E-state index in [4.69, 9.17) is 0 Å². The summed E-state index contributed by atoms with van der Waals surface area (Å²) in [7, 11) is 0. The van der Waals surface area contributed by atoms with Gasteiger partial charge in [0.2, 0.25) is 11.8 Å². The third-order valence-electron chi connectivity index (χ3n) is 5.42. The van der Waals surface area contributed by atoms with Crippen molar-refractivity contribution in [1.29, 1.82) is 0 Å². The van der Waals surface area contributed by atoms with Gasteiger partial charge in [0, 0.05) is 42.2 Å². The number of rotatable bonds is 7. The van der Waals surface area contributed by atoms with E-state index >= 15 is 0 Å². The van der Waals surface area contributed by atoms with Crippen molar-refractivity contribution in [3.05, 3.63) is 46.2 Å². The zero-order valence-corrected chi connectivity index (χ0v) is 19.1. The van der Waals surface area contributed by atoms with Gasteiger partial charge in [0.25, 0.3) is 5.91 Å². The molecule has 7 nitrogen and oxygen atoms in total. The molecule has 1 saturated heterocycles. The van der Waals surface area contributed by atoms with Crippen molar-refractivity contribution >= 4 is 40.4 Å². The van der Waals surface area contributed by atoms with Crippen LogP contribution in [0.2, 0.25) is 0 Å². The van der Waals surface area contributed by atoms with Crippen molar-refractivity contribution in [2.24, 2.45) is 5.92 Å². The van der Waals surface area contributed by atoms with E-state index in [0.29, 0.717) is 23.5 Å². The minimum absolute atomic E-state index is 0.129.